The van der Waals surface area contributed by atoms with Crippen LogP contribution in [0.1, 0.15) is 16.1 Å². The third kappa shape index (κ3) is 2.98. The molecule has 1 rings (SSSR count). The lowest BCUT2D eigenvalue weighted by Gasteiger charge is -2.17. The smallest absolute Gasteiger partial charge is 0.340 e. The van der Waals surface area contributed by atoms with Crippen LogP contribution >= 0.6 is 11.5 Å². The van der Waals surface area contributed by atoms with Crippen molar-refractivity contribution in [1.29, 1.82) is 0 Å². The molecule has 0 saturated carbocycles. The maximum atomic E-state index is 11.9. The van der Waals surface area contributed by atoms with Crippen LogP contribution < -0.4 is 4.31 Å². The van der Waals surface area contributed by atoms with Gasteiger partial charge in [0, 0.05) is 14.2 Å². The van der Waals surface area contributed by atoms with Crippen LogP contribution in [0.25, 0.3) is 0 Å². The molecule has 1 aromatic heterocycles. The minimum Gasteiger partial charge on any atom is -0.478 e. The second-order valence-electron chi connectivity index (χ2n) is 3.53. The summed E-state index contributed by atoms with van der Waals surface area (Å²) in [5.41, 5.74) is 0.222. The van der Waals surface area contributed by atoms with Crippen LogP contribution in [0.4, 0.5) is 5.00 Å². The molecule has 0 bridgehead atoms. The Labute approximate surface area is 109 Å². The van der Waals surface area contributed by atoms with Crippen molar-refractivity contribution >= 4 is 32.5 Å². The van der Waals surface area contributed by atoms with E-state index in [1.165, 1.54) is 21.1 Å². The fourth-order valence-electron chi connectivity index (χ4n) is 1.27. The van der Waals surface area contributed by atoms with E-state index in [1.807, 2.05) is 0 Å². The van der Waals surface area contributed by atoms with Gasteiger partial charge in [-0.05, 0) is 18.5 Å². The number of anilines is 1. The lowest BCUT2D eigenvalue weighted by Crippen LogP contribution is -2.31. The van der Waals surface area contributed by atoms with Crippen LogP contribution in [0.5, 0.6) is 0 Å². The Morgan fingerprint density at radius 2 is 2.17 bits per heavy atom. The molecule has 0 radical (unpaired) electrons. The molecule has 0 aliphatic rings. The average Bonchev–Trinajstić information content (AvgIpc) is 2.67. The number of carboxylic acid groups (broad SMARTS) is 1. The molecule has 1 heterocycles. The minimum atomic E-state index is -3.60. The molecule has 0 aromatic carbocycles. The number of aromatic carboxylic acids is 1. The summed E-state index contributed by atoms with van der Waals surface area (Å²) in [5, 5.41) is 9.15. The fourth-order valence-corrected chi connectivity index (χ4v) is 3.46. The second-order valence-corrected chi connectivity index (χ2v) is 6.40. The highest BCUT2D eigenvalue weighted by molar-refractivity contribution is 7.93. The van der Waals surface area contributed by atoms with E-state index in [4.69, 9.17) is 9.84 Å². The van der Waals surface area contributed by atoms with Crippen molar-refractivity contribution in [3.63, 3.8) is 0 Å². The van der Waals surface area contributed by atoms with Gasteiger partial charge in [0.25, 0.3) is 0 Å². The van der Waals surface area contributed by atoms with Crippen LogP contribution in [0.2, 0.25) is 0 Å². The first kappa shape index (κ1) is 14.9. The van der Waals surface area contributed by atoms with Crippen molar-refractivity contribution in [3.8, 4) is 0 Å². The number of carboxylic acids is 1. The van der Waals surface area contributed by atoms with E-state index in [-0.39, 0.29) is 22.9 Å². The molecule has 0 aliphatic carbocycles. The number of nitrogens with zero attached hydrogens (tertiary/aromatic N) is 2. The molecule has 102 valence electrons. The van der Waals surface area contributed by atoms with Gasteiger partial charge in [-0.3, -0.25) is 4.31 Å². The van der Waals surface area contributed by atoms with Crippen molar-refractivity contribution in [1.82, 2.24) is 4.37 Å². The van der Waals surface area contributed by atoms with Gasteiger partial charge in [-0.25, -0.2) is 13.2 Å². The van der Waals surface area contributed by atoms with Gasteiger partial charge >= 0.3 is 5.97 Å². The Morgan fingerprint density at radius 1 is 1.56 bits per heavy atom. The van der Waals surface area contributed by atoms with E-state index < -0.39 is 16.0 Å². The Morgan fingerprint density at radius 3 is 2.67 bits per heavy atom. The molecule has 0 saturated heterocycles. The zero-order chi connectivity index (χ0) is 13.9. The van der Waals surface area contributed by atoms with Crippen molar-refractivity contribution in [2.45, 2.75) is 6.92 Å². The van der Waals surface area contributed by atoms with Crippen molar-refractivity contribution in [3.05, 3.63) is 11.3 Å². The lowest BCUT2D eigenvalue weighted by atomic mass is 10.2. The second kappa shape index (κ2) is 5.63. The van der Waals surface area contributed by atoms with Crippen molar-refractivity contribution < 1.29 is 23.1 Å². The summed E-state index contributed by atoms with van der Waals surface area (Å²) in [5.74, 6) is -1.40. The molecule has 1 aromatic rings. The van der Waals surface area contributed by atoms with E-state index in [2.05, 4.69) is 4.37 Å². The Hall–Kier alpha value is -1.19. The van der Waals surface area contributed by atoms with E-state index in [9.17, 15) is 13.2 Å². The molecular weight excluding hydrogens is 280 g/mol. The van der Waals surface area contributed by atoms with E-state index in [0.717, 1.165) is 15.8 Å². The monoisotopic (exact) mass is 294 g/mol. The fraction of sp³-hybridized carbons (Fsp3) is 0.556. The standard InChI is InChI=1S/C9H14N2O5S2/c1-6-7(9(12)13)8(17-10-6)11(2)18(14,15)5-4-16-3/h4-5H2,1-3H3,(H,12,13). The first-order chi connectivity index (χ1) is 8.31. The lowest BCUT2D eigenvalue weighted by molar-refractivity contribution is 0.0697. The third-order valence-corrected chi connectivity index (χ3v) is 5.14. The molecule has 0 fully saturated rings. The number of methoxy groups -OCH3 is 1. The SMILES string of the molecule is COCCS(=O)(=O)N(C)c1snc(C)c1C(=O)O. The summed E-state index contributed by atoms with van der Waals surface area (Å²) >= 11 is 0.848. The average molecular weight is 294 g/mol. The predicted molar refractivity (Wildman–Crippen MR) is 67.9 cm³/mol. The molecule has 0 aliphatic heterocycles. The van der Waals surface area contributed by atoms with E-state index in [0.29, 0.717) is 5.69 Å². The number of aromatic nitrogens is 1. The first-order valence-electron chi connectivity index (χ1n) is 4.96. The Kier molecular flexibility index (Phi) is 4.65. The van der Waals surface area contributed by atoms with Crippen molar-refractivity contribution in [2.75, 3.05) is 30.8 Å². The van der Waals surface area contributed by atoms with Gasteiger partial charge in [-0.2, -0.15) is 4.37 Å². The zero-order valence-electron chi connectivity index (χ0n) is 10.2. The molecule has 9 heteroatoms. The van der Waals surface area contributed by atoms with Crippen LogP contribution in [0.15, 0.2) is 0 Å². The predicted octanol–water partition coefficient (Wildman–Crippen LogP) is 0.562. The highest BCUT2D eigenvalue weighted by atomic mass is 32.2. The molecule has 1 N–H and O–H groups in total. The van der Waals surface area contributed by atoms with Crippen LogP contribution in [0, 0.1) is 6.92 Å². The van der Waals surface area contributed by atoms with Gasteiger partial charge in [0.15, 0.2) is 0 Å². The Bertz CT molecular complexity index is 537. The topological polar surface area (TPSA) is 96.8 Å². The van der Waals surface area contributed by atoms with Crippen LogP contribution in [0.3, 0.4) is 0 Å². The first-order valence-corrected chi connectivity index (χ1v) is 7.34. The number of rotatable bonds is 6. The summed E-state index contributed by atoms with van der Waals surface area (Å²) in [6, 6.07) is 0. The van der Waals surface area contributed by atoms with Gasteiger partial charge in [0.1, 0.15) is 10.6 Å². The molecule has 18 heavy (non-hydrogen) atoms. The number of carbonyl (C=O) groups is 1. The number of ether oxygens (including phenoxy) is 1. The molecular formula is C9H14N2O5S2. The summed E-state index contributed by atoms with van der Waals surface area (Å²) in [4.78, 5) is 11.1. The highest BCUT2D eigenvalue weighted by Gasteiger charge is 2.27. The summed E-state index contributed by atoms with van der Waals surface area (Å²) in [7, 11) is -0.895. The highest BCUT2D eigenvalue weighted by Crippen LogP contribution is 2.29. The van der Waals surface area contributed by atoms with Crippen LogP contribution in [-0.2, 0) is 14.8 Å². The largest absolute Gasteiger partial charge is 0.478 e. The summed E-state index contributed by atoms with van der Waals surface area (Å²) in [6.07, 6.45) is 0. The number of hydrogen-bond acceptors (Lipinski definition) is 6. The van der Waals surface area contributed by atoms with Gasteiger partial charge in [0.2, 0.25) is 10.0 Å². The molecule has 0 atom stereocenters. The maximum absolute atomic E-state index is 11.9. The molecule has 7 nitrogen and oxygen atoms in total. The summed E-state index contributed by atoms with van der Waals surface area (Å²) in [6.45, 7) is 1.58. The number of aryl methyl sites for hydroxylation is 1. The molecule has 0 amide bonds. The van der Waals surface area contributed by atoms with Gasteiger partial charge in [-0.15, -0.1) is 0 Å². The Balaban J connectivity index is 3.11. The van der Waals surface area contributed by atoms with E-state index in [1.54, 1.807) is 0 Å². The minimum absolute atomic E-state index is 0.0485. The molecule has 0 spiro atoms. The third-order valence-electron chi connectivity index (χ3n) is 2.31. The summed E-state index contributed by atoms with van der Waals surface area (Å²) < 4.78 is 33.3. The van der Waals surface area contributed by atoms with Gasteiger partial charge in [0.05, 0.1) is 18.1 Å². The zero-order valence-corrected chi connectivity index (χ0v) is 11.8. The molecule has 0 unspecified atom stereocenters. The maximum Gasteiger partial charge on any atom is 0.340 e. The van der Waals surface area contributed by atoms with Gasteiger partial charge in [-0.1, -0.05) is 0 Å². The number of sulfonamides is 1. The van der Waals surface area contributed by atoms with E-state index >= 15 is 0 Å². The number of hydrogen-bond donors (Lipinski definition) is 1. The van der Waals surface area contributed by atoms with Gasteiger partial charge < -0.3 is 9.84 Å². The van der Waals surface area contributed by atoms with Crippen molar-refractivity contribution in [2.24, 2.45) is 0 Å². The quantitative estimate of drug-likeness (QED) is 0.823. The normalized spacial score (nSPS) is 11.5. The van der Waals surface area contributed by atoms with Crippen LogP contribution in [-0.4, -0.2) is 50.4 Å².